The van der Waals surface area contributed by atoms with Crippen LogP contribution < -0.4 is 14.8 Å². The van der Waals surface area contributed by atoms with E-state index in [0.717, 1.165) is 36.8 Å². The third-order valence-electron chi connectivity index (χ3n) is 4.77. The molecule has 1 unspecified atom stereocenters. The van der Waals surface area contributed by atoms with Crippen LogP contribution in [0.4, 0.5) is 5.69 Å². The first-order chi connectivity index (χ1) is 13.4. The lowest BCUT2D eigenvalue weighted by Gasteiger charge is -2.20. The van der Waals surface area contributed by atoms with Crippen LogP contribution in [0, 0.1) is 0 Å². The number of nitrogens with one attached hydrogen (secondary N) is 1. The van der Waals surface area contributed by atoms with E-state index in [2.05, 4.69) is 76.3 Å². The fourth-order valence-corrected chi connectivity index (χ4v) is 2.96. The van der Waals surface area contributed by atoms with E-state index in [1.54, 1.807) is 0 Å². The zero-order valence-corrected chi connectivity index (χ0v) is 18.3. The summed E-state index contributed by atoms with van der Waals surface area (Å²) in [5.74, 6) is 1.85. The van der Waals surface area contributed by atoms with E-state index in [9.17, 15) is 0 Å². The zero-order chi connectivity index (χ0) is 20.4. The summed E-state index contributed by atoms with van der Waals surface area (Å²) in [7, 11) is 0. The molecule has 28 heavy (non-hydrogen) atoms. The highest BCUT2D eigenvalue weighted by Gasteiger charge is 2.13. The lowest BCUT2D eigenvalue weighted by Crippen LogP contribution is -2.22. The minimum absolute atomic E-state index is 0.0787. The molecule has 0 aliphatic rings. The van der Waals surface area contributed by atoms with E-state index in [1.807, 2.05) is 12.1 Å². The van der Waals surface area contributed by atoms with E-state index < -0.39 is 0 Å². The van der Waals surface area contributed by atoms with Gasteiger partial charge < -0.3 is 14.8 Å². The molecule has 0 aliphatic carbocycles. The number of ether oxygens (including phenoxy) is 2. The fraction of sp³-hybridized carbons (Fsp3) is 0.520. The molecular formula is C25H37NO2. The van der Waals surface area contributed by atoms with Gasteiger partial charge in [0.1, 0.15) is 17.6 Å². The summed E-state index contributed by atoms with van der Waals surface area (Å²) in [6, 6.07) is 16.6. The summed E-state index contributed by atoms with van der Waals surface area (Å²) < 4.78 is 11.8. The Balaban J connectivity index is 1.72. The minimum Gasteiger partial charge on any atom is -0.494 e. The highest BCUT2D eigenvalue weighted by Crippen LogP contribution is 2.24. The largest absolute Gasteiger partial charge is 0.494 e. The number of hydrogen-bond donors (Lipinski definition) is 1. The molecule has 0 aliphatic heterocycles. The second kappa shape index (κ2) is 11.0. The molecular weight excluding hydrogens is 346 g/mol. The maximum absolute atomic E-state index is 6.03. The maximum Gasteiger partial charge on any atom is 0.119 e. The van der Waals surface area contributed by atoms with E-state index in [1.165, 1.54) is 24.8 Å². The Morgan fingerprint density at radius 3 is 2.11 bits per heavy atom. The number of hydrogen-bond acceptors (Lipinski definition) is 3. The average molecular weight is 384 g/mol. The van der Waals surface area contributed by atoms with Crippen LogP contribution in [-0.2, 0) is 5.41 Å². The van der Waals surface area contributed by atoms with Gasteiger partial charge in [-0.3, -0.25) is 0 Å². The van der Waals surface area contributed by atoms with Gasteiger partial charge in [-0.05, 0) is 60.7 Å². The van der Waals surface area contributed by atoms with Crippen molar-refractivity contribution in [3.63, 3.8) is 0 Å². The Morgan fingerprint density at radius 2 is 1.50 bits per heavy atom. The molecule has 0 radical (unpaired) electrons. The number of rotatable bonds is 11. The monoisotopic (exact) mass is 383 g/mol. The van der Waals surface area contributed by atoms with E-state index in [-0.39, 0.29) is 11.5 Å². The predicted molar refractivity (Wildman–Crippen MR) is 120 cm³/mol. The molecule has 0 bridgehead atoms. The van der Waals surface area contributed by atoms with Crippen LogP contribution in [0.3, 0.4) is 0 Å². The standard InChI is InChI=1S/C25H37NO2/c1-6-7-8-9-18-27-23-16-12-22(13-17-23)26-19-20(2)28-24-14-10-21(11-15-24)25(3,4)5/h10-17,20,26H,6-9,18-19H2,1-5H3. The fourth-order valence-electron chi connectivity index (χ4n) is 2.96. The van der Waals surface area contributed by atoms with Crippen molar-refractivity contribution in [2.24, 2.45) is 0 Å². The normalized spacial score (nSPS) is 12.5. The van der Waals surface area contributed by atoms with Crippen molar-refractivity contribution < 1.29 is 9.47 Å². The quantitative estimate of drug-likeness (QED) is 0.432. The summed E-state index contributed by atoms with van der Waals surface area (Å²) >= 11 is 0. The molecule has 0 spiro atoms. The summed E-state index contributed by atoms with van der Waals surface area (Å²) in [6.45, 7) is 12.5. The highest BCUT2D eigenvalue weighted by molar-refractivity contribution is 5.46. The zero-order valence-electron chi connectivity index (χ0n) is 18.3. The van der Waals surface area contributed by atoms with Crippen molar-refractivity contribution in [2.45, 2.75) is 71.8 Å². The summed E-state index contributed by atoms with van der Waals surface area (Å²) in [5, 5.41) is 3.43. The smallest absolute Gasteiger partial charge is 0.119 e. The number of benzene rings is 2. The summed E-state index contributed by atoms with van der Waals surface area (Å²) in [6.07, 6.45) is 4.99. The molecule has 154 valence electrons. The lowest BCUT2D eigenvalue weighted by molar-refractivity contribution is 0.234. The predicted octanol–water partition coefficient (Wildman–Crippen LogP) is 6.82. The van der Waals surface area contributed by atoms with Crippen molar-refractivity contribution >= 4 is 5.69 Å². The minimum atomic E-state index is 0.0787. The average Bonchev–Trinajstić information content (AvgIpc) is 2.67. The number of unbranched alkanes of at least 4 members (excludes halogenated alkanes) is 3. The van der Waals surface area contributed by atoms with Gasteiger partial charge in [0.05, 0.1) is 13.2 Å². The maximum atomic E-state index is 6.03. The molecule has 3 nitrogen and oxygen atoms in total. The molecule has 0 heterocycles. The van der Waals surface area contributed by atoms with E-state index in [0.29, 0.717) is 0 Å². The molecule has 2 aromatic rings. The van der Waals surface area contributed by atoms with E-state index >= 15 is 0 Å². The van der Waals surface area contributed by atoms with Crippen LogP contribution in [-0.4, -0.2) is 19.3 Å². The van der Waals surface area contributed by atoms with Gasteiger partial charge in [0.2, 0.25) is 0 Å². The SMILES string of the molecule is CCCCCCOc1ccc(NCC(C)Oc2ccc(C(C)(C)C)cc2)cc1. The first-order valence-electron chi connectivity index (χ1n) is 10.6. The first kappa shape index (κ1) is 22.1. The van der Waals surface area contributed by atoms with Crippen LogP contribution in [0.25, 0.3) is 0 Å². The molecule has 3 heteroatoms. The van der Waals surface area contributed by atoms with Crippen molar-refractivity contribution in [1.29, 1.82) is 0 Å². The molecule has 0 saturated heterocycles. The second-order valence-electron chi connectivity index (χ2n) is 8.52. The second-order valence-corrected chi connectivity index (χ2v) is 8.52. The van der Waals surface area contributed by atoms with Gasteiger partial charge >= 0.3 is 0 Å². The Bertz CT molecular complexity index is 671. The highest BCUT2D eigenvalue weighted by atomic mass is 16.5. The molecule has 0 fully saturated rings. The summed E-state index contributed by atoms with van der Waals surface area (Å²) in [4.78, 5) is 0. The van der Waals surface area contributed by atoms with Gasteiger partial charge in [-0.1, -0.05) is 59.1 Å². The van der Waals surface area contributed by atoms with Crippen molar-refractivity contribution in [3.8, 4) is 11.5 Å². The van der Waals surface area contributed by atoms with Crippen molar-refractivity contribution in [3.05, 3.63) is 54.1 Å². The molecule has 0 amide bonds. The van der Waals surface area contributed by atoms with Gasteiger partial charge in [0.25, 0.3) is 0 Å². The third kappa shape index (κ3) is 7.84. The summed E-state index contributed by atoms with van der Waals surface area (Å²) in [5.41, 5.74) is 2.56. The Kier molecular flexibility index (Phi) is 8.69. The third-order valence-corrected chi connectivity index (χ3v) is 4.77. The van der Waals surface area contributed by atoms with Crippen LogP contribution in [0.15, 0.2) is 48.5 Å². The number of anilines is 1. The molecule has 0 aromatic heterocycles. The van der Waals surface area contributed by atoms with Crippen LogP contribution in [0.2, 0.25) is 0 Å². The molecule has 2 rings (SSSR count). The van der Waals surface area contributed by atoms with Crippen LogP contribution in [0.1, 0.15) is 65.9 Å². The lowest BCUT2D eigenvalue weighted by atomic mass is 9.87. The van der Waals surface area contributed by atoms with Gasteiger partial charge in [-0.2, -0.15) is 0 Å². The van der Waals surface area contributed by atoms with Crippen molar-refractivity contribution in [1.82, 2.24) is 0 Å². The van der Waals surface area contributed by atoms with Crippen LogP contribution >= 0.6 is 0 Å². The van der Waals surface area contributed by atoms with Gasteiger partial charge in [-0.15, -0.1) is 0 Å². The van der Waals surface area contributed by atoms with Gasteiger partial charge in [0, 0.05) is 5.69 Å². The Hall–Kier alpha value is -2.16. The molecule has 1 N–H and O–H groups in total. The molecule has 2 aromatic carbocycles. The van der Waals surface area contributed by atoms with Crippen LogP contribution in [0.5, 0.6) is 11.5 Å². The van der Waals surface area contributed by atoms with Crippen molar-refractivity contribution in [2.75, 3.05) is 18.5 Å². The Labute approximate surface area is 171 Å². The molecule has 0 saturated carbocycles. The van der Waals surface area contributed by atoms with E-state index in [4.69, 9.17) is 9.47 Å². The molecule has 1 atom stereocenters. The van der Waals surface area contributed by atoms with Gasteiger partial charge in [0.15, 0.2) is 0 Å². The topological polar surface area (TPSA) is 30.5 Å². The Morgan fingerprint density at radius 1 is 0.857 bits per heavy atom. The van der Waals surface area contributed by atoms with Gasteiger partial charge in [-0.25, -0.2) is 0 Å². The first-order valence-corrected chi connectivity index (χ1v) is 10.6.